The van der Waals surface area contributed by atoms with E-state index in [-0.39, 0.29) is 29.8 Å². The van der Waals surface area contributed by atoms with Gasteiger partial charge in [0, 0.05) is 37.7 Å². The summed E-state index contributed by atoms with van der Waals surface area (Å²) in [5.41, 5.74) is 0.406. The van der Waals surface area contributed by atoms with E-state index < -0.39 is 0 Å². The van der Waals surface area contributed by atoms with Gasteiger partial charge in [0.2, 0.25) is 0 Å². The van der Waals surface area contributed by atoms with Crippen molar-refractivity contribution in [2.45, 2.75) is 136 Å². The molecule has 2 amide bonds. The van der Waals surface area contributed by atoms with Crippen LogP contribution >= 0.6 is 0 Å². The Balaban J connectivity index is 1.81. The van der Waals surface area contributed by atoms with Gasteiger partial charge in [0.25, 0.3) is 5.56 Å². The molecule has 0 fully saturated rings. The molecule has 0 spiro atoms. The van der Waals surface area contributed by atoms with E-state index in [0.29, 0.717) is 37.5 Å². The number of ether oxygens (including phenoxy) is 1. The number of aryl methyl sites for hydroxylation is 1. The van der Waals surface area contributed by atoms with Gasteiger partial charge in [0.1, 0.15) is 11.6 Å². The van der Waals surface area contributed by atoms with Gasteiger partial charge in [-0.25, -0.2) is 9.78 Å². The second kappa shape index (κ2) is 24.1. The number of esters is 1. The lowest BCUT2D eigenvalue weighted by atomic mass is 10.1. The highest BCUT2D eigenvalue weighted by molar-refractivity contribution is 5.80. The summed E-state index contributed by atoms with van der Waals surface area (Å²) in [4.78, 5) is 53.5. The number of nitrogens with one attached hydrogen (secondary N) is 3. The van der Waals surface area contributed by atoms with Crippen molar-refractivity contribution in [3.63, 3.8) is 0 Å². The van der Waals surface area contributed by atoms with Crippen molar-refractivity contribution in [3.8, 4) is 0 Å². The number of H-pyrrole nitrogens is 1. The van der Waals surface area contributed by atoms with E-state index >= 15 is 0 Å². The first-order valence-corrected chi connectivity index (χ1v) is 15.7. The first kappa shape index (κ1) is 35.3. The van der Waals surface area contributed by atoms with E-state index in [1.54, 1.807) is 6.92 Å². The predicted molar refractivity (Wildman–Crippen MR) is 159 cm³/mol. The fraction of sp³-hybridized carbons (Fsp3) is 0.774. The predicted octanol–water partition coefficient (Wildman–Crippen LogP) is 6.07. The van der Waals surface area contributed by atoms with Crippen LogP contribution in [0.25, 0.3) is 0 Å². The van der Waals surface area contributed by atoms with Crippen LogP contribution in [0.4, 0.5) is 4.79 Å². The largest absolute Gasteiger partial charge is 0.466 e. The van der Waals surface area contributed by atoms with Crippen molar-refractivity contribution < 1.29 is 19.1 Å². The van der Waals surface area contributed by atoms with Crippen LogP contribution < -0.4 is 16.2 Å². The molecular weight excluding hydrogens is 508 g/mol. The maximum Gasteiger partial charge on any atom is 0.314 e. The molecule has 1 heterocycles. The van der Waals surface area contributed by atoms with Crippen LogP contribution in [0.2, 0.25) is 0 Å². The van der Waals surface area contributed by atoms with Crippen molar-refractivity contribution in [2.24, 2.45) is 0 Å². The third-order valence-corrected chi connectivity index (χ3v) is 6.85. The number of unbranched alkanes of at least 4 members (excludes halogenated alkanes) is 14. The topological polar surface area (TPSA) is 130 Å². The SMILES string of the molecule is CCOC(=O)CCCCCCCCCCCCCNC(=O)NCCCCCCCC(=O)Cc1nc(C)cc(=O)[nH]1. The van der Waals surface area contributed by atoms with Crippen LogP contribution in [0.3, 0.4) is 0 Å². The summed E-state index contributed by atoms with van der Waals surface area (Å²) in [6.45, 7) is 5.45. The van der Waals surface area contributed by atoms with Crippen molar-refractivity contribution in [2.75, 3.05) is 19.7 Å². The number of ketones is 1. The first-order valence-electron chi connectivity index (χ1n) is 15.7. The van der Waals surface area contributed by atoms with Crippen molar-refractivity contribution in [1.82, 2.24) is 20.6 Å². The zero-order valence-electron chi connectivity index (χ0n) is 25.1. The molecule has 3 N–H and O–H groups in total. The molecule has 1 rings (SSSR count). The number of carbonyl (C=O) groups excluding carboxylic acids is 3. The lowest BCUT2D eigenvalue weighted by Gasteiger charge is -2.08. The van der Waals surface area contributed by atoms with Gasteiger partial charge in [-0.2, -0.15) is 0 Å². The molecular formula is C31H54N4O5. The number of urea groups is 1. The molecule has 0 bridgehead atoms. The molecule has 1 aromatic heterocycles. The molecule has 0 aliphatic heterocycles. The number of amides is 2. The Bertz CT molecular complexity index is 887. The fourth-order valence-corrected chi connectivity index (χ4v) is 4.66. The second-order valence-electron chi connectivity index (χ2n) is 10.7. The zero-order chi connectivity index (χ0) is 29.3. The van der Waals surface area contributed by atoms with Crippen LogP contribution in [0.5, 0.6) is 0 Å². The van der Waals surface area contributed by atoms with E-state index in [1.165, 1.54) is 51.0 Å². The van der Waals surface area contributed by atoms with Gasteiger partial charge in [-0.15, -0.1) is 0 Å². The number of aromatic nitrogens is 2. The van der Waals surface area contributed by atoms with Crippen LogP contribution in [0.15, 0.2) is 10.9 Å². The standard InChI is InChI=1S/C31H54N4O5/c1-3-40-30(38)21-17-13-9-7-5-4-6-8-10-14-18-22-32-31(39)33-23-19-15-11-12-16-20-27(36)25-28-34-26(2)24-29(37)35-28/h24H,3-23,25H2,1-2H3,(H2,32,33,39)(H,34,35,37). The highest BCUT2D eigenvalue weighted by Gasteiger charge is 2.07. The minimum absolute atomic E-state index is 0.0707. The van der Waals surface area contributed by atoms with E-state index in [4.69, 9.17) is 4.74 Å². The Labute approximate surface area is 241 Å². The molecule has 1 aromatic rings. The minimum Gasteiger partial charge on any atom is -0.466 e. The summed E-state index contributed by atoms with van der Waals surface area (Å²) in [5.74, 6) is 0.469. The fourth-order valence-electron chi connectivity index (χ4n) is 4.66. The summed E-state index contributed by atoms with van der Waals surface area (Å²) in [7, 11) is 0. The Morgan fingerprint density at radius 2 is 1.23 bits per heavy atom. The zero-order valence-corrected chi connectivity index (χ0v) is 25.1. The summed E-state index contributed by atoms with van der Waals surface area (Å²) in [6.07, 6.45) is 19.0. The number of Topliss-reactive ketones (excluding diaryl/α,β-unsaturated/α-hetero) is 1. The highest BCUT2D eigenvalue weighted by atomic mass is 16.5. The molecule has 0 saturated heterocycles. The number of hydrogen-bond acceptors (Lipinski definition) is 6. The average molecular weight is 563 g/mol. The highest BCUT2D eigenvalue weighted by Crippen LogP contribution is 2.12. The van der Waals surface area contributed by atoms with Crippen LogP contribution in [0, 0.1) is 6.92 Å². The maximum atomic E-state index is 12.1. The molecule has 0 aliphatic carbocycles. The lowest BCUT2D eigenvalue weighted by molar-refractivity contribution is -0.143. The van der Waals surface area contributed by atoms with Gasteiger partial charge >= 0.3 is 12.0 Å². The van der Waals surface area contributed by atoms with Gasteiger partial charge in [0.15, 0.2) is 0 Å². The molecule has 228 valence electrons. The second-order valence-corrected chi connectivity index (χ2v) is 10.7. The molecule has 0 atom stereocenters. The Morgan fingerprint density at radius 1 is 0.750 bits per heavy atom. The quantitative estimate of drug-likeness (QED) is 0.0979. The van der Waals surface area contributed by atoms with Crippen molar-refractivity contribution in [1.29, 1.82) is 0 Å². The van der Waals surface area contributed by atoms with Crippen LogP contribution in [-0.2, 0) is 20.7 Å². The third kappa shape index (κ3) is 21.2. The van der Waals surface area contributed by atoms with Crippen LogP contribution in [0.1, 0.15) is 134 Å². The van der Waals surface area contributed by atoms with E-state index in [0.717, 1.165) is 64.3 Å². The molecule has 9 nitrogen and oxygen atoms in total. The van der Waals surface area contributed by atoms with Gasteiger partial charge in [0.05, 0.1) is 13.0 Å². The van der Waals surface area contributed by atoms with Gasteiger partial charge < -0.3 is 20.4 Å². The first-order chi connectivity index (χ1) is 19.4. The van der Waals surface area contributed by atoms with E-state index in [9.17, 15) is 19.2 Å². The molecule has 0 radical (unpaired) electrons. The van der Waals surface area contributed by atoms with Gasteiger partial charge in [-0.1, -0.05) is 77.0 Å². The molecule has 0 aromatic carbocycles. The summed E-state index contributed by atoms with van der Waals surface area (Å²) in [5, 5.41) is 5.86. The molecule has 0 saturated carbocycles. The minimum atomic E-state index is -0.219. The normalized spacial score (nSPS) is 10.8. The Hall–Kier alpha value is -2.71. The summed E-state index contributed by atoms with van der Waals surface area (Å²) in [6, 6.07) is 1.33. The number of nitrogens with zero attached hydrogens (tertiary/aromatic N) is 1. The van der Waals surface area contributed by atoms with Gasteiger partial charge in [-0.3, -0.25) is 14.4 Å². The summed E-state index contributed by atoms with van der Waals surface area (Å²) >= 11 is 0. The molecule has 0 aliphatic rings. The third-order valence-electron chi connectivity index (χ3n) is 6.85. The van der Waals surface area contributed by atoms with Crippen molar-refractivity contribution >= 4 is 17.8 Å². The van der Waals surface area contributed by atoms with Gasteiger partial charge in [-0.05, 0) is 39.5 Å². The maximum absolute atomic E-state index is 12.1. The Kier molecular flexibility index (Phi) is 21.3. The smallest absolute Gasteiger partial charge is 0.314 e. The lowest BCUT2D eigenvalue weighted by Crippen LogP contribution is -2.36. The summed E-state index contributed by atoms with van der Waals surface area (Å²) < 4.78 is 4.94. The number of aromatic amines is 1. The average Bonchev–Trinajstić information content (AvgIpc) is 2.90. The molecule has 0 unspecified atom stereocenters. The Morgan fingerprint density at radius 3 is 1.73 bits per heavy atom. The van der Waals surface area contributed by atoms with E-state index in [2.05, 4.69) is 20.6 Å². The van der Waals surface area contributed by atoms with Crippen molar-refractivity contribution in [3.05, 3.63) is 27.9 Å². The molecule has 9 heteroatoms. The van der Waals surface area contributed by atoms with E-state index in [1.807, 2.05) is 6.92 Å². The number of rotatable bonds is 25. The number of hydrogen-bond donors (Lipinski definition) is 3. The molecule has 40 heavy (non-hydrogen) atoms. The van der Waals surface area contributed by atoms with Crippen LogP contribution in [-0.4, -0.2) is 47.4 Å². The number of carbonyl (C=O) groups is 3. The monoisotopic (exact) mass is 562 g/mol.